The monoisotopic (exact) mass is 300 g/mol. The van der Waals surface area contributed by atoms with Crippen LogP contribution in [0.5, 0.6) is 0 Å². The molecule has 2 heterocycles. The second-order valence-corrected chi connectivity index (χ2v) is 7.20. The van der Waals surface area contributed by atoms with Gasteiger partial charge < -0.3 is 23.7 Å². The standard InChI is InChI=1S/C16H28O5/c1-6-7-8-17-14-12-10(18-15(2,3)20-12)9-11-13(14)21-16(4,5)19-11/h10-14H,6-9H2,1-5H3/t10-,11+,12+,13-,14-. The third-order valence-electron chi connectivity index (χ3n) is 4.36. The van der Waals surface area contributed by atoms with Gasteiger partial charge >= 0.3 is 0 Å². The number of hydrogen-bond acceptors (Lipinski definition) is 5. The molecule has 5 atom stereocenters. The van der Waals surface area contributed by atoms with Crippen LogP contribution in [0.25, 0.3) is 0 Å². The molecule has 1 aliphatic carbocycles. The smallest absolute Gasteiger partial charge is 0.163 e. The van der Waals surface area contributed by atoms with Crippen molar-refractivity contribution in [2.75, 3.05) is 6.61 Å². The first-order chi connectivity index (χ1) is 9.81. The fraction of sp³-hybridized carbons (Fsp3) is 1.00. The van der Waals surface area contributed by atoms with Crippen molar-refractivity contribution in [2.45, 2.75) is 96.0 Å². The topological polar surface area (TPSA) is 46.2 Å². The van der Waals surface area contributed by atoms with Crippen LogP contribution in [-0.2, 0) is 23.7 Å². The minimum absolute atomic E-state index is 0.0189. The van der Waals surface area contributed by atoms with E-state index in [1.807, 2.05) is 27.7 Å². The molecule has 0 amide bonds. The molecule has 0 aromatic carbocycles. The first-order valence-corrected chi connectivity index (χ1v) is 8.14. The lowest BCUT2D eigenvalue weighted by Gasteiger charge is -2.37. The van der Waals surface area contributed by atoms with Crippen molar-refractivity contribution in [1.82, 2.24) is 0 Å². The minimum Gasteiger partial charge on any atom is -0.373 e. The van der Waals surface area contributed by atoms with E-state index in [0.717, 1.165) is 25.9 Å². The molecular formula is C16H28O5. The summed E-state index contributed by atoms with van der Waals surface area (Å²) in [6.45, 7) is 10.7. The lowest BCUT2D eigenvalue weighted by atomic mass is 9.87. The molecule has 3 aliphatic rings. The van der Waals surface area contributed by atoms with Crippen molar-refractivity contribution in [3.05, 3.63) is 0 Å². The van der Waals surface area contributed by atoms with Gasteiger partial charge in [-0.3, -0.25) is 0 Å². The van der Waals surface area contributed by atoms with Crippen LogP contribution in [0.15, 0.2) is 0 Å². The Morgan fingerprint density at radius 2 is 1.43 bits per heavy atom. The van der Waals surface area contributed by atoms with Crippen molar-refractivity contribution >= 4 is 0 Å². The molecule has 5 heteroatoms. The van der Waals surface area contributed by atoms with E-state index in [-0.39, 0.29) is 30.5 Å². The van der Waals surface area contributed by atoms with E-state index < -0.39 is 11.6 Å². The Labute approximate surface area is 127 Å². The zero-order valence-corrected chi connectivity index (χ0v) is 13.8. The third kappa shape index (κ3) is 3.13. The minimum atomic E-state index is -0.560. The molecule has 0 N–H and O–H groups in total. The van der Waals surface area contributed by atoms with Crippen molar-refractivity contribution in [2.24, 2.45) is 0 Å². The van der Waals surface area contributed by atoms with Crippen LogP contribution in [0, 0.1) is 0 Å². The maximum Gasteiger partial charge on any atom is 0.163 e. The van der Waals surface area contributed by atoms with Crippen molar-refractivity contribution in [1.29, 1.82) is 0 Å². The molecule has 1 saturated carbocycles. The van der Waals surface area contributed by atoms with Gasteiger partial charge in [-0.1, -0.05) is 13.3 Å². The highest BCUT2D eigenvalue weighted by molar-refractivity contribution is 5.03. The summed E-state index contributed by atoms with van der Waals surface area (Å²) in [6, 6.07) is 0. The highest BCUT2D eigenvalue weighted by Crippen LogP contribution is 2.44. The van der Waals surface area contributed by atoms with Gasteiger partial charge in [-0.05, 0) is 34.1 Å². The summed E-state index contributed by atoms with van der Waals surface area (Å²) in [5, 5.41) is 0. The Balaban J connectivity index is 1.77. The van der Waals surface area contributed by atoms with Crippen molar-refractivity contribution < 1.29 is 23.7 Å². The Kier molecular flexibility index (Phi) is 4.08. The molecule has 0 unspecified atom stereocenters. The van der Waals surface area contributed by atoms with Crippen LogP contribution in [-0.4, -0.2) is 48.7 Å². The molecule has 2 saturated heterocycles. The molecule has 5 nitrogen and oxygen atoms in total. The molecule has 3 rings (SSSR count). The van der Waals surface area contributed by atoms with Crippen molar-refractivity contribution in [3.8, 4) is 0 Å². The Morgan fingerprint density at radius 1 is 0.905 bits per heavy atom. The maximum absolute atomic E-state index is 6.13. The van der Waals surface area contributed by atoms with E-state index in [2.05, 4.69) is 6.92 Å². The van der Waals surface area contributed by atoms with Gasteiger partial charge in [0.15, 0.2) is 11.6 Å². The summed E-state index contributed by atoms with van der Waals surface area (Å²) in [5.41, 5.74) is 0. The van der Waals surface area contributed by atoms with Crippen LogP contribution in [0.2, 0.25) is 0 Å². The second-order valence-electron chi connectivity index (χ2n) is 7.20. The molecule has 0 bridgehead atoms. The van der Waals surface area contributed by atoms with Crippen LogP contribution in [0.3, 0.4) is 0 Å². The lowest BCUT2D eigenvalue weighted by molar-refractivity contribution is -0.188. The molecule has 3 fully saturated rings. The number of hydrogen-bond donors (Lipinski definition) is 0. The van der Waals surface area contributed by atoms with Gasteiger partial charge in [0, 0.05) is 13.0 Å². The molecule has 0 aromatic rings. The number of fused-ring (bicyclic) bond motifs is 2. The summed E-state index contributed by atoms with van der Waals surface area (Å²) in [5.74, 6) is -1.12. The lowest BCUT2D eigenvalue weighted by Crippen LogP contribution is -2.54. The van der Waals surface area contributed by atoms with Gasteiger partial charge in [0.05, 0.1) is 12.2 Å². The molecule has 2 aliphatic heterocycles. The Hall–Kier alpha value is -0.200. The summed E-state index contributed by atoms with van der Waals surface area (Å²) in [7, 11) is 0. The fourth-order valence-electron chi connectivity index (χ4n) is 3.62. The van der Waals surface area contributed by atoms with Crippen molar-refractivity contribution in [3.63, 3.8) is 0 Å². The van der Waals surface area contributed by atoms with Crippen LogP contribution >= 0.6 is 0 Å². The average molecular weight is 300 g/mol. The molecule has 21 heavy (non-hydrogen) atoms. The zero-order valence-electron chi connectivity index (χ0n) is 13.8. The number of unbranched alkanes of at least 4 members (excludes halogenated alkanes) is 1. The average Bonchev–Trinajstić information content (AvgIpc) is 2.82. The van der Waals surface area contributed by atoms with Crippen LogP contribution in [0.4, 0.5) is 0 Å². The Morgan fingerprint density at radius 3 is 1.90 bits per heavy atom. The molecule has 0 radical (unpaired) electrons. The quantitative estimate of drug-likeness (QED) is 0.747. The summed E-state index contributed by atoms with van der Waals surface area (Å²) in [6.07, 6.45) is 2.72. The highest BCUT2D eigenvalue weighted by Gasteiger charge is 2.59. The van der Waals surface area contributed by atoms with E-state index in [0.29, 0.717) is 0 Å². The van der Waals surface area contributed by atoms with Gasteiger partial charge in [-0.25, -0.2) is 0 Å². The first-order valence-electron chi connectivity index (χ1n) is 8.14. The molecular weight excluding hydrogens is 272 g/mol. The second kappa shape index (κ2) is 5.46. The predicted octanol–water partition coefficient (Wildman–Crippen LogP) is 2.62. The zero-order chi connectivity index (χ0) is 15.3. The third-order valence-corrected chi connectivity index (χ3v) is 4.36. The van der Waals surface area contributed by atoms with Gasteiger partial charge in [0.2, 0.25) is 0 Å². The first kappa shape index (κ1) is 15.7. The van der Waals surface area contributed by atoms with Crippen LogP contribution < -0.4 is 0 Å². The van der Waals surface area contributed by atoms with Gasteiger partial charge in [-0.2, -0.15) is 0 Å². The van der Waals surface area contributed by atoms with E-state index in [1.54, 1.807) is 0 Å². The van der Waals surface area contributed by atoms with Gasteiger partial charge in [0.1, 0.15) is 18.3 Å². The van der Waals surface area contributed by atoms with E-state index in [1.165, 1.54) is 0 Å². The largest absolute Gasteiger partial charge is 0.373 e. The normalized spacial score (nSPS) is 43.6. The summed E-state index contributed by atoms with van der Waals surface area (Å²) in [4.78, 5) is 0. The summed E-state index contributed by atoms with van der Waals surface area (Å²) >= 11 is 0. The summed E-state index contributed by atoms with van der Waals surface area (Å²) < 4.78 is 30.4. The predicted molar refractivity (Wildman–Crippen MR) is 76.9 cm³/mol. The van der Waals surface area contributed by atoms with E-state index in [4.69, 9.17) is 23.7 Å². The number of rotatable bonds is 4. The maximum atomic E-state index is 6.13. The van der Waals surface area contributed by atoms with Gasteiger partial charge in [-0.15, -0.1) is 0 Å². The SMILES string of the molecule is CCCCO[C@@H]1[C@H]2OC(C)(C)O[C@@H]2C[C@@H]2OC(C)(C)O[C@@H]12. The fourth-order valence-corrected chi connectivity index (χ4v) is 3.62. The highest BCUT2D eigenvalue weighted by atomic mass is 16.8. The van der Waals surface area contributed by atoms with E-state index >= 15 is 0 Å². The number of ether oxygens (including phenoxy) is 5. The molecule has 122 valence electrons. The van der Waals surface area contributed by atoms with Crippen LogP contribution in [0.1, 0.15) is 53.9 Å². The molecule has 0 spiro atoms. The molecule has 0 aromatic heterocycles. The van der Waals surface area contributed by atoms with E-state index in [9.17, 15) is 0 Å². The Bertz CT molecular complexity index is 351. The van der Waals surface area contributed by atoms with Gasteiger partial charge in [0.25, 0.3) is 0 Å².